The number of sulfonamides is 1. The van der Waals surface area contributed by atoms with Gasteiger partial charge in [0.1, 0.15) is 0 Å². The first-order valence-electron chi connectivity index (χ1n) is 7.56. The van der Waals surface area contributed by atoms with Gasteiger partial charge in [-0.1, -0.05) is 12.1 Å². The van der Waals surface area contributed by atoms with E-state index < -0.39 is 10.0 Å². The molecule has 0 bridgehead atoms. The molecule has 1 aliphatic rings. The Kier molecular flexibility index (Phi) is 8.11. The number of hydrogen-bond donors (Lipinski definition) is 3. The maximum Gasteiger partial charge on any atom is 0.240 e. The van der Waals surface area contributed by atoms with E-state index in [4.69, 9.17) is 4.74 Å². The highest BCUT2D eigenvalue weighted by molar-refractivity contribution is 7.89. The monoisotopic (exact) mass is 377 g/mol. The van der Waals surface area contributed by atoms with Crippen LogP contribution >= 0.6 is 12.4 Å². The molecule has 1 aromatic rings. The standard InChI is InChI=1S/C15H23N3O4S.ClH/c1-11(18-15(19)9-13-10-22-8-7-17-13)12-3-5-14(6-4-12)23(20,21)16-2;/h3-6,11,13,16-17H,7-10H2,1-2H3,(H,18,19);1H. The predicted octanol–water partition coefficient (Wildman–Crippen LogP) is 0.572. The van der Waals surface area contributed by atoms with E-state index in [1.165, 1.54) is 19.2 Å². The Balaban J connectivity index is 0.00000288. The molecule has 136 valence electrons. The number of rotatable bonds is 6. The van der Waals surface area contributed by atoms with Gasteiger partial charge in [0.2, 0.25) is 15.9 Å². The molecule has 0 saturated carbocycles. The summed E-state index contributed by atoms with van der Waals surface area (Å²) in [6.45, 7) is 3.84. The maximum atomic E-state index is 12.1. The van der Waals surface area contributed by atoms with Crippen LogP contribution in [0.3, 0.4) is 0 Å². The summed E-state index contributed by atoms with van der Waals surface area (Å²) >= 11 is 0. The molecule has 24 heavy (non-hydrogen) atoms. The van der Waals surface area contributed by atoms with Crippen LogP contribution in [0.1, 0.15) is 24.9 Å². The van der Waals surface area contributed by atoms with Gasteiger partial charge in [-0.3, -0.25) is 4.79 Å². The highest BCUT2D eigenvalue weighted by atomic mass is 35.5. The molecule has 3 N–H and O–H groups in total. The zero-order chi connectivity index (χ0) is 16.9. The van der Waals surface area contributed by atoms with E-state index in [1.54, 1.807) is 12.1 Å². The van der Waals surface area contributed by atoms with Crippen molar-refractivity contribution < 1.29 is 17.9 Å². The van der Waals surface area contributed by atoms with Gasteiger partial charge < -0.3 is 15.4 Å². The number of benzene rings is 1. The summed E-state index contributed by atoms with van der Waals surface area (Å²) in [5, 5.41) is 6.15. The minimum Gasteiger partial charge on any atom is -0.378 e. The first kappa shape index (κ1) is 20.9. The molecule has 2 unspecified atom stereocenters. The molecule has 0 aromatic heterocycles. The Morgan fingerprint density at radius 3 is 2.58 bits per heavy atom. The Morgan fingerprint density at radius 2 is 2.04 bits per heavy atom. The topological polar surface area (TPSA) is 96.5 Å². The van der Waals surface area contributed by atoms with Crippen molar-refractivity contribution in [2.45, 2.75) is 30.3 Å². The average Bonchev–Trinajstić information content (AvgIpc) is 2.55. The fraction of sp³-hybridized carbons (Fsp3) is 0.533. The van der Waals surface area contributed by atoms with E-state index in [0.29, 0.717) is 19.6 Å². The van der Waals surface area contributed by atoms with Crippen molar-refractivity contribution in [2.24, 2.45) is 0 Å². The molecule has 0 spiro atoms. The average molecular weight is 378 g/mol. The third-order valence-electron chi connectivity index (χ3n) is 3.77. The van der Waals surface area contributed by atoms with Gasteiger partial charge in [-0.25, -0.2) is 13.1 Å². The van der Waals surface area contributed by atoms with Crippen LogP contribution in [0.5, 0.6) is 0 Å². The SMILES string of the molecule is CNS(=O)(=O)c1ccc(C(C)NC(=O)CC2COCCN2)cc1.Cl. The fourth-order valence-corrected chi connectivity index (χ4v) is 3.14. The van der Waals surface area contributed by atoms with Crippen molar-refractivity contribution in [1.29, 1.82) is 0 Å². The second-order valence-corrected chi connectivity index (χ2v) is 7.38. The number of carbonyl (C=O) groups excluding carboxylic acids is 1. The molecule has 7 nitrogen and oxygen atoms in total. The summed E-state index contributed by atoms with van der Waals surface area (Å²) < 4.78 is 31.0. The van der Waals surface area contributed by atoms with Gasteiger partial charge in [-0.15, -0.1) is 12.4 Å². The number of ether oxygens (including phenoxy) is 1. The lowest BCUT2D eigenvalue weighted by atomic mass is 10.1. The van der Waals surface area contributed by atoms with Gasteiger partial charge in [0.05, 0.1) is 24.2 Å². The van der Waals surface area contributed by atoms with Crippen molar-refractivity contribution in [2.75, 3.05) is 26.8 Å². The Bertz CT molecular complexity index is 631. The smallest absolute Gasteiger partial charge is 0.240 e. The molecule has 1 saturated heterocycles. The molecule has 1 amide bonds. The van der Waals surface area contributed by atoms with Crippen LogP contribution in [-0.4, -0.2) is 47.2 Å². The number of morpholine rings is 1. The zero-order valence-corrected chi connectivity index (χ0v) is 15.4. The van der Waals surface area contributed by atoms with Crippen LogP contribution in [0.15, 0.2) is 29.2 Å². The van der Waals surface area contributed by atoms with Crippen molar-refractivity contribution in [3.05, 3.63) is 29.8 Å². The van der Waals surface area contributed by atoms with E-state index in [-0.39, 0.29) is 35.3 Å². The van der Waals surface area contributed by atoms with Crippen LogP contribution < -0.4 is 15.4 Å². The molecule has 0 aliphatic carbocycles. The van der Waals surface area contributed by atoms with Gasteiger partial charge in [-0.2, -0.15) is 0 Å². The van der Waals surface area contributed by atoms with Crippen molar-refractivity contribution in [3.8, 4) is 0 Å². The Labute approximate surface area is 149 Å². The summed E-state index contributed by atoms with van der Waals surface area (Å²) in [6, 6.07) is 6.31. The highest BCUT2D eigenvalue weighted by Crippen LogP contribution is 2.16. The number of nitrogens with one attached hydrogen (secondary N) is 3. The van der Waals surface area contributed by atoms with Crippen molar-refractivity contribution in [3.63, 3.8) is 0 Å². The van der Waals surface area contributed by atoms with Crippen molar-refractivity contribution >= 4 is 28.3 Å². The van der Waals surface area contributed by atoms with Gasteiger partial charge in [0, 0.05) is 19.0 Å². The number of amides is 1. The first-order chi connectivity index (χ1) is 10.9. The molecular weight excluding hydrogens is 354 g/mol. The third-order valence-corrected chi connectivity index (χ3v) is 5.20. The largest absolute Gasteiger partial charge is 0.378 e. The lowest BCUT2D eigenvalue weighted by molar-refractivity contribution is -0.122. The predicted molar refractivity (Wildman–Crippen MR) is 93.7 cm³/mol. The van der Waals surface area contributed by atoms with E-state index in [1.807, 2.05) is 6.92 Å². The van der Waals surface area contributed by atoms with E-state index >= 15 is 0 Å². The molecule has 1 aromatic carbocycles. The van der Waals surface area contributed by atoms with Gasteiger partial charge >= 0.3 is 0 Å². The Morgan fingerprint density at radius 1 is 1.38 bits per heavy atom. The van der Waals surface area contributed by atoms with Crippen molar-refractivity contribution in [1.82, 2.24) is 15.4 Å². The molecule has 1 fully saturated rings. The molecule has 1 heterocycles. The second-order valence-electron chi connectivity index (χ2n) is 5.50. The maximum absolute atomic E-state index is 12.1. The first-order valence-corrected chi connectivity index (χ1v) is 9.04. The lowest BCUT2D eigenvalue weighted by Gasteiger charge is -2.24. The van der Waals surface area contributed by atoms with E-state index in [2.05, 4.69) is 15.4 Å². The normalized spacial score (nSPS) is 19.2. The quantitative estimate of drug-likeness (QED) is 0.673. The second kappa shape index (κ2) is 9.33. The Hall–Kier alpha value is -1.19. The minimum absolute atomic E-state index is 0. The fourth-order valence-electron chi connectivity index (χ4n) is 2.41. The van der Waals surface area contributed by atoms with E-state index in [9.17, 15) is 13.2 Å². The van der Waals surface area contributed by atoms with Gasteiger partial charge in [-0.05, 0) is 31.7 Å². The minimum atomic E-state index is -3.44. The van der Waals surface area contributed by atoms with Gasteiger partial charge in [0.15, 0.2) is 0 Å². The summed E-state index contributed by atoms with van der Waals surface area (Å²) in [4.78, 5) is 12.3. The summed E-state index contributed by atoms with van der Waals surface area (Å²) in [5.74, 6) is -0.0626. The molecule has 0 radical (unpaired) electrons. The number of halogens is 1. The van der Waals surface area contributed by atoms with Crippen LogP contribution in [0.4, 0.5) is 0 Å². The molecule has 1 aliphatic heterocycles. The zero-order valence-electron chi connectivity index (χ0n) is 13.7. The van der Waals surface area contributed by atoms with Crippen LogP contribution in [0.2, 0.25) is 0 Å². The number of carbonyl (C=O) groups is 1. The molecule has 2 rings (SSSR count). The van der Waals surface area contributed by atoms with Crippen LogP contribution in [0.25, 0.3) is 0 Å². The van der Waals surface area contributed by atoms with E-state index in [0.717, 1.165) is 12.1 Å². The summed E-state index contributed by atoms with van der Waals surface area (Å²) in [7, 11) is -2.07. The molecule has 2 atom stereocenters. The lowest BCUT2D eigenvalue weighted by Crippen LogP contribution is -2.44. The highest BCUT2D eigenvalue weighted by Gasteiger charge is 2.18. The van der Waals surface area contributed by atoms with Gasteiger partial charge in [0.25, 0.3) is 0 Å². The third kappa shape index (κ3) is 5.71. The van der Waals surface area contributed by atoms with Crippen LogP contribution in [0, 0.1) is 0 Å². The van der Waals surface area contributed by atoms with Crippen LogP contribution in [-0.2, 0) is 19.6 Å². The summed E-state index contributed by atoms with van der Waals surface area (Å²) in [6.07, 6.45) is 0.358. The molecule has 9 heteroatoms. The summed E-state index contributed by atoms with van der Waals surface area (Å²) in [5.41, 5.74) is 0.848. The molecular formula is C15H24ClN3O4S. The number of hydrogen-bond acceptors (Lipinski definition) is 5.